The number of esters is 1. The molecule has 0 amide bonds. The minimum atomic E-state index is -1.77. The van der Waals surface area contributed by atoms with Crippen LogP contribution in [0.4, 0.5) is 4.39 Å². The zero-order valence-corrected chi connectivity index (χ0v) is 11.2. The van der Waals surface area contributed by atoms with Gasteiger partial charge in [-0.2, -0.15) is 0 Å². The van der Waals surface area contributed by atoms with Crippen molar-refractivity contribution in [1.29, 1.82) is 0 Å². The number of methoxy groups -OCH3 is 2. The van der Waals surface area contributed by atoms with Crippen LogP contribution in [-0.2, 0) is 14.3 Å². The average molecular weight is 321 g/mol. The molecule has 0 bridgehead atoms. The molecule has 7 heteroatoms. The van der Waals surface area contributed by atoms with Crippen LogP contribution in [0.1, 0.15) is 11.5 Å². The molecule has 1 unspecified atom stereocenters. The van der Waals surface area contributed by atoms with Gasteiger partial charge in [-0.15, -0.1) is 0 Å². The second kappa shape index (κ2) is 5.81. The molecular weight excluding hydrogens is 311 g/mol. The van der Waals surface area contributed by atoms with E-state index in [0.717, 1.165) is 13.2 Å². The zero-order chi connectivity index (χ0) is 13.9. The molecule has 18 heavy (non-hydrogen) atoms. The summed E-state index contributed by atoms with van der Waals surface area (Å²) in [6, 6.07) is 2.42. The third kappa shape index (κ3) is 2.79. The summed E-state index contributed by atoms with van der Waals surface area (Å²) < 4.78 is 23.4. The predicted octanol–water partition coefficient (Wildman–Crippen LogP) is 1.94. The van der Waals surface area contributed by atoms with Crippen LogP contribution in [0, 0.1) is 5.82 Å². The van der Waals surface area contributed by atoms with Gasteiger partial charge in [0.15, 0.2) is 5.92 Å². The molecule has 0 aliphatic heterocycles. The first-order valence-electron chi connectivity index (χ1n) is 4.76. The maximum absolute atomic E-state index is 13.8. The topological polar surface area (TPSA) is 72.8 Å². The highest BCUT2D eigenvalue weighted by atomic mass is 79.9. The van der Waals surface area contributed by atoms with E-state index < -0.39 is 23.7 Å². The van der Waals surface area contributed by atoms with E-state index in [4.69, 9.17) is 9.84 Å². The van der Waals surface area contributed by atoms with E-state index in [1.165, 1.54) is 13.2 Å². The molecule has 1 aromatic rings. The van der Waals surface area contributed by atoms with Gasteiger partial charge in [-0.1, -0.05) is 15.9 Å². The summed E-state index contributed by atoms with van der Waals surface area (Å²) in [5.41, 5.74) is -0.361. The lowest BCUT2D eigenvalue weighted by Crippen LogP contribution is -2.24. The molecule has 1 N–H and O–H groups in total. The lowest BCUT2D eigenvalue weighted by atomic mass is 9.97. The predicted molar refractivity (Wildman–Crippen MR) is 63.0 cm³/mol. The van der Waals surface area contributed by atoms with Crippen molar-refractivity contribution in [2.24, 2.45) is 0 Å². The number of rotatable bonds is 4. The molecule has 0 fully saturated rings. The molecule has 0 aliphatic carbocycles. The Hall–Kier alpha value is -1.63. The molecule has 1 atom stereocenters. The van der Waals surface area contributed by atoms with E-state index in [1.807, 2.05) is 0 Å². The first kappa shape index (κ1) is 14.4. The molecule has 0 aliphatic rings. The summed E-state index contributed by atoms with van der Waals surface area (Å²) in [7, 11) is 2.28. The lowest BCUT2D eigenvalue weighted by Gasteiger charge is -2.15. The molecule has 1 rings (SSSR count). The molecular formula is C11H10BrFO5. The van der Waals surface area contributed by atoms with Crippen molar-refractivity contribution in [2.45, 2.75) is 5.92 Å². The standard InChI is InChI=1S/C11H10BrFO5/c1-17-7-4-5(12)3-6(13)8(7)9(10(14)15)11(16)18-2/h3-4,9H,1-2H3,(H,14,15). The van der Waals surface area contributed by atoms with Crippen molar-refractivity contribution >= 4 is 27.9 Å². The number of benzene rings is 1. The second-order valence-corrected chi connectivity index (χ2v) is 4.21. The Kier molecular flexibility index (Phi) is 4.66. The first-order chi connectivity index (χ1) is 8.42. The van der Waals surface area contributed by atoms with Crippen molar-refractivity contribution in [1.82, 2.24) is 0 Å². The summed E-state index contributed by atoms with van der Waals surface area (Å²) >= 11 is 3.04. The van der Waals surface area contributed by atoms with E-state index in [9.17, 15) is 14.0 Å². The van der Waals surface area contributed by atoms with Crippen LogP contribution >= 0.6 is 15.9 Å². The minimum Gasteiger partial charge on any atom is -0.496 e. The van der Waals surface area contributed by atoms with Gasteiger partial charge in [-0.05, 0) is 12.1 Å². The fourth-order valence-corrected chi connectivity index (χ4v) is 1.88. The van der Waals surface area contributed by atoms with Crippen LogP contribution in [0.15, 0.2) is 16.6 Å². The average Bonchev–Trinajstić information content (AvgIpc) is 2.30. The number of aliphatic carboxylic acids is 1. The van der Waals surface area contributed by atoms with Crippen LogP contribution in [0.25, 0.3) is 0 Å². The molecule has 98 valence electrons. The van der Waals surface area contributed by atoms with Gasteiger partial charge in [-0.25, -0.2) is 4.39 Å². The van der Waals surface area contributed by atoms with Crippen molar-refractivity contribution in [3.8, 4) is 5.75 Å². The number of hydrogen-bond acceptors (Lipinski definition) is 4. The number of carboxylic acids is 1. The number of halogens is 2. The van der Waals surface area contributed by atoms with Gasteiger partial charge in [0.1, 0.15) is 11.6 Å². The van der Waals surface area contributed by atoms with Gasteiger partial charge in [0.2, 0.25) is 0 Å². The second-order valence-electron chi connectivity index (χ2n) is 3.30. The van der Waals surface area contributed by atoms with Crippen LogP contribution < -0.4 is 4.74 Å². The number of carbonyl (C=O) groups excluding carboxylic acids is 1. The van der Waals surface area contributed by atoms with Crippen molar-refractivity contribution < 1.29 is 28.6 Å². The molecule has 0 saturated carbocycles. The van der Waals surface area contributed by atoms with Crippen molar-refractivity contribution in [2.75, 3.05) is 14.2 Å². The normalized spacial score (nSPS) is 11.8. The molecule has 0 heterocycles. The fourth-order valence-electron chi connectivity index (χ4n) is 1.47. The van der Waals surface area contributed by atoms with Crippen LogP contribution in [0.5, 0.6) is 5.75 Å². The quantitative estimate of drug-likeness (QED) is 0.678. The third-order valence-electron chi connectivity index (χ3n) is 2.25. The number of ether oxygens (including phenoxy) is 2. The Balaban J connectivity index is 3.45. The van der Waals surface area contributed by atoms with Gasteiger partial charge in [0.25, 0.3) is 0 Å². The number of carbonyl (C=O) groups is 2. The molecule has 0 saturated heterocycles. The van der Waals surface area contributed by atoms with Crippen molar-refractivity contribution in [3.63, 3.8) is 0 Å². The van der Waals surface area contributed by atoms with E-state index >= 15 is 0 Å². The highest BCUT2D eigenvalue weighted by Crippen LogP contribution is 2.33. The van der Waals surface area contributed by atoms with Gasteiger partial charge < -0.3 is 14.6 Å². The number of carboxylic acid groups (broad SMARTS) is 1. The van der Waals surface area contributed by atoms with Gasteiger partial charge in [0.05, 0.1) is 19.8 Å². The van der Waals surface area contributed by atoms with Crippen LogP contribution in [0.2, 0.25) is 0 Å². The maximum atomic E-state index is 13.8. The fraction of sp³-hybridized carbons (Fsp3) is 0.273. The summed E-state index contributed by atoms with van der Waals surface area (Å²) in [5, 5.41) is 9.01. The monoisotopic (exact) mass is 320 g/mol. The zero-order valence-electron chi connectivity index (χ0n) is 9.57. The lowest BCUT2D eigenvalue weighted by molar-refractivity contribution is -0.152. The van der Waals surface area contributed by atoms with Crippen LogP contribution in [-0.4, -0.2) is 31.3 Å². The van der Waals surface area contributed by atoms with E-state index in [2.05, 4.69) is 20.7 Å². The first-order valence-corrected chi connectivity index (χ1v) is 5.55. The Bertz CT molecular complexity index is 489. The summed E-state index contributed by atoms with van der Waals surface area (Å²) in [4.78, 5) is 22.5. The molecule has 0 spiro atoms. The Labute approximate surface area is 111 Å². The SMILES string of the molecule is COC(=O)C(C(=O)O)c1c(F)cc(Br)cc1OC. The summed E-state index contributed by atoms with van der Waals surface area (Å²) in [5.74, 6) is -5.25. The third-order valence-corrected chi connectivity index (χ3v) is 2.71. The number of hydrogen-bond donors (Lipinski definition) is 1. The van der Waals surface area contributed by atoms with E-state index in [-0.39, 0.29) is 11.3 Å². The molecule has 1 aromatic carbocycles. The summed E-state index contributed by atoms with van der Waals surface area (Å²) in [6.45, 7) is 0. The van der Waals surface area contributed by atoms with Crippen molar-refractivity contribution in [3.05, 3.63) is 28.0 Å². The molecule has 0 radical (unpaired) electrons. The minimum absolute atomic E-state index is 0.0420. The Morgan fingerprint density at radius 3 is 2.44 bits per heavy atom. The summed E-state index contributed by atoms with van der Waals surface area (Å²) in [6.07, 6.45) is 0. The molecule has 5 nitrogen and oxygen atoms in total. The van der Waals surface area contributed by atoms with Gasteiger partial charge in [-0.3, -0.25) is 9.59 Å². The maximum Gasteiger partial charge on any atom is 0.324 e. The van der Waals surface area contributed by atoms with Gasteiger partial charge in [0, 0.05) is 4.47 Å². The Morgan fingerprint density at radius 1 is 1.39 bits per heavy atom. The highest BCUT2D eigenvalue weighted by molar-refractivity contribution is 9.10. The molecule has 0 aromatic heterocycles. The van der Waals surface area contributed by atoms with Crippen LogP contribution in [0.3, 0.4) is 0 Å². The highest BCUT2D eigenvalue weighted by Gasteiger charge is 2.35. The van der Waals surface area contributed by atoms with E-state index in [1.54, 1.807) is 0 Å². The van der Waals surface area contributed by atoms with E-state index in [0.29, 0.717) is 4.47 Å². The Morgan fingerprint density at radius 2 is 2.00 bits per heavy atom. The smallest absolute Gasteiger partial charge is 0.324 e. The van der Waals surface area contributed by atoms with Gasteiger partial charge >= 0.3 is 11.9 Å². The largest absolute Gasteiger partial charge is 0.496 e.